The third-order valence-corrected chi connectivity index (χ3v) is 5.32. The summed E-state index contributed by atoms with van der Waals surface area (Å²) >= 11 is 0. The lowest BCUT2D eigenvalue weighted by Crippen LogP contribution is -2.49. The smallest absolute Gasteiger partial charge is 0.408 e. The molecule has 32 heavy (non-hydrogen) atoms. The summed E-state index contributed by atoms with van der Waals surface area (Å²) < 4.78 is 5.07. The van der Waals surface area contributed by atoms with Gasteiger partial charge in [0.2, 0.25) is 5.91 Å². The maximum absolute atomic E-state index is 12.6. The number of rotatable bonds is 8. The van der Waals surface area contributed by atoms with Crippen molar-refractivity contribution in [1.82, 2.24) is 10.2 Å². The molecule has 1 aliphatic heterocycles. The fourth-order valence-electron chi connectivity index (χ4n) is 3.53. The summed E-state index contributed by atoms with van der Waals surface area (Å²) in [5, 5.41) is 11.7. The van der Waals surface area contributed by atoms with Crippen LogP contribution in [0.5, 0.6) is 0 Å². The summed E-state index contributed by atoms with van der Waals surface area (Å²) in [4.78, 5) is 39.9. The quantitative estimate of drug-likeness (QED) is 0.537. The normalized spacial score (nSPS) is 14.5. The SMILES string of the molecule is Nc1cccc(N2CCN(C(=O)CC[C@H](NC(=O)OCc3ccccc3)C(=O)O)CC2)c1. The number of piperazine rings is 1. The van der Waals surface area contributed by atoms with E-state index < -0.39 is 18.1 Å². The Kier molecular flexibility index (Phi) is 7.91. The van der Waals surface area contributed by atoms with Crippen molar-refractivity contribution >= 4 is 29.3 Å². The van der Waals surface area contributed by atoms with Crippen LogP contribution < -0.4 is 16.0 Å². The van der Waals surface area contributed by atoms with Gasteiger partial charge in [0, 0.05) is 44.0 Å². The molecule has 0 aromatic heterocycles. The summed E-state index contributed by atoms with van der Waals surface area (Å²) in [7, 11) is 0. The van der Waals surface area contributed by atoms with Gasteiger partial charge >= 0.3 is 12.1 Å². The number of nitrogen functional groups attached to an aromatic ring is 1. The van der Waals surface area contributed by atoms with Crippen molar-refractivity contribution < 1.29 is 24.2 Å². The van der Waals surface area contributed by atoms with Gasteiger partial charge in [-0.2, -0.15) is 0 Å². The number of nitrogens with two attached hydrogens (primary N) is 1. The Morgan fingerprint density at radius 3 is 2.41 bits per heavy atom. The number of nitrogens with zero attached hydrogens (tertiary/aromatic N) is 2. The molecule has 1 saturated heterocycles. The number of carboxylic acids is 1. The van der Waals surface area contributed by atoms with Crippen LogP contribution in [0.15, 0.2) is 54.6 Å². The Labute approximate surface area is 186 Å². The highest BCUT2D eigenvalue weighted by molar-refractivity contribution is 5.82. The lowest BCUT2D eigenvalue weighted by atomic mass is 10.1. The van der Waals surface area contributed by atoms with Gasteiger partial charge in [-0.3, -0.25) is 4.79 Å². The Morgan fingerprint density at radius 1 is 1.03 bits per heavy atom. The molecule has 2 amide bonds. The molecule has 2 aromatic carbocycles. The van der Waals surface area contributed by atoms with Crippen LogP contribution in [0, 0.1) is 0 Å². The van der Waals surface area contributed by atoms with Crippen molar-refractivity contribution in [2.24, 2.45) is 0 Å². The van der Waals surface area contributed by atoms with Crippen LogP contribution in [-0.2, 0) is 20.9 Å². The first-order chi connectivity index (χ1) is 15.4. The zero-order chi connectivity index (χ0) is 22.9. The minimum atomic E-state index is -1.21. The van der Waals surface area contributed by atoms with Gasteiger partial charge in [-0.05, 0) is 30.2 Å². The maximum Gasteiger partial charge on any atom is 0.408 e. The molecular weight excluding hydrogens is 412 g/mol. The summed E-state index contributed by atoms with van der Waals surface area (Å²) in [5.74, 6) is -1.34. The number of ether oxygens (including phenoxy) is 1. The predicted octanol–water partition coefficient (Wildman–Crippen LogP) is 2.08. The summed E-state index contributed by atoms with van der Waals surface area (Å²) in [6, 6.07) is 15.5. The van der Waals surface area contributed by atoms with Gasteiger partial charge in [-0.1, -0.05) is 36.4 Å². The largest absolute Gasteiger partial charge is 0.480 e. The lowest BCUT2D eigenvalue weighted by Gasteiger charge is -2.36. The number of carbonyl (C=O) groups excluding carboxylic acids is 2. The Balaban J connectivity index is 1.42. The van der Waals surface area contributed by atoms with Gasteiger partial charge in [0.25, 0.3) is 0 Å². The Morgan fingerprint density at radius 2 is 1.75 bits per heavy atom. The number of aliphatic carboxylic acids is 1. The zero-order valence-electron chi connectivity index (χ0n) is 17.8. The first-order valence-corrected chi connectivity index (χ1v) is 10.5. The number of hydrogen-bond donors (Lipinski definition) is 3. The standard InChI is InChI=1S/C23H28N4O5/c24-18-7-4-8-19(15-18)26-11-13-27(14-12-26)21(28)10-9-20(22(29)30)25-23(31)32-16-17-5-2-1-3-6-17/h1-8,15,20H,9-14,16,24H2,(H,25,31)(H,29,30)/t20-/m0/s1. The van der Waals surface area contributed by atoms with E-state index in [0.29, 0.717) is 31.9 Å². The molecule has 1 atom stereocenters. The van der Waals surface area contributed by atoms with Crippen LogP contribution in [-0.4, -0.2) is 60.2 Å². The molecule has 3 rings (SSSR count). The Hall–Kier alpha value is -3.75. The summed E-state index contributed by atoms with van der Waals surface area (Å²) in [5.41, 5.74) is 8.34. The van der Waals surface area contributed by atoms with Gasteiger partial charge in [0.15, 0.2) is 0 Å². The topological polar surface area (TPSA) is 125 Å². The molecule has 1 fully saturated rings. The van der Waals surface area contributed by atoms with Crippen LogP contribution in [0.2, 0.25) is 0 Å². The first kappa shape index (κ1) is 22.9. The average Bonchev–Trinajstić information content (AvgIpc) is 2.81. The van der Waals surface area contributed by atoms with E-state index >= 15 is 0 Å². The van der Waals surface area contributed by atoms with E-state index in [0.717, 1.165) is 11.3 Å². The van der Waals surface area contributed by atoms with Crippen molar-refractivity contribution in [3.63, 3.8) is 0 Å². The molecule has 0 bridgehead atoms. The van der Waals surface area contributed by atoms with Crippen LogP contribution in [0.25, 0.3) is 0 Å². The molecule has 4 N–H and O–H groups in total. The molecule has 0 radical (unpaired) electrons. The monoisotopic (exact) mass is 440 g/mol. The highest BCUT2D eigenvalue weighted by atomic mass is 16.5. The lowest BCUT2D eigenvalue weighted by molar-refractivity contribution is -0.140. The highest BCUT2D eigenvalue weighted by Gasteiger charge is 2.25. The van der Waals surface area contributed by atoms with Gasteiger partial charge in [-0.15, -0.1) is 0 Å². The zero-order valence-corrected chi connectivity index (χ0v) is 17.8. The Bertz CT molecular complexity index is 929. The number of alkyl carbamates (subject to hydrolysis) is 1. The van der Waals surface area contributed by atoms with E-state index in [1.165, 1.54) is 0 Å². The van der Waals surface area contributed by atoms with Crippen LogP contribution in [0.3, 0.4) is 0 Å². The minimum absolute atomic E-state index is 0.00988. The molecule has 0 aliphatic carbocycles. The number of nitrogens with one attached hydrogen (secondary N) is 1. The number of anilines is 2. The molecule has 9 nitrogen and oxygen atoms in total. The molecule has 0 unspecified atom stereocenters. The van der Waals surface area contributed by atoms with Crippen molar-refractivity contribution in [3.05, 3.63) is 60.2 Å². The molecule has 1 heterocycles. The van der Waals surface area contributed by atoms with E-state index in [9.17, 15) is 19.5 Å². The van der Waals surface area contributed by atoms with Crippen molar-refractivity contribution in [2.45, 2.75) is 25.5 Å². The van der Waals surface area contributed by atoms with Crippen LogP contribution in [0.1, 0.15) is 18.4 Å². The van der Waals surface area contributed by atoms with Gasteiger partial charge in [0.05, 0.1) is 0 Å². The van der Waals surface area contributed by atoms with E-state index in [1.807, 2.05) is 42.5 Å². The van der Waals surface area contributed by atoms with Crippen molar-refractivity contribution in [1.29, 1.82) is 0 Å². The third-order valence-electron chi connectivity index (χ3n) is 5.32. The van der Waals surface area contributed by atoms with E-state index in [4.69, 9.17) is 10.5 Å². The van der Waals surface area contributed by atoms with Gasteiger partial charge in [0.1, 0.15) is 12.6 Å². The number of carbonyl (C=O) groups is 3. The molecule has 0 spiro atoms. The second-order valence-corrected chi connectivity index (χ2v) is 7.60. The van der Waals surface area contributed by atoms with E-state index in [1.54, 1.807) is 17.0 Å². The van der Waals surface area contributed by atoms with Crippen molar-refractivity contribution in [3.8, 4) is 0 Å². The second-order valence-electron chi connectivity index (χ2n) is 7.60. The fraction of sp³-hybridized carbons (Fsp3) is 0.348. The molecule has 1 aliphatic rings. The molecule has 9 heteroatoms. The van der Waals surface area contributed by atoms with Crippen LogP contribution in [0.4, 0.5) is 16.2 Å². The van der Waals surface area contributed by atoms with Crippen molar-refractivity contribution in [2.75, 3.05) is 36.8 Å². The molecule has 2 aromatic rings. The summed E-state index contributed by atoms with van der Waals surface area (Å²) in [6.07, 6.45) is -0.817. The highest BCUT2D eigenvalue weighted by Crippen LogP contribution is 2.19. The number of hydrogen-bond acceptors (Lipinski definition) is 6. The number of amides is 2. The molecule has 0 saturated carbocycles. The van der Waals surface area contributed by atoms with Gasteiger partial charge in [-0.25, -0.2) is 9.59 Å². The average molecular weight is 441 g/mol. The first-order valence-electron chi connectivity index (χ1n) is 10.5. The summed E-state index contributed by atoms with van der Waals surface area (Å²) in [6.45, 7) is 2.45. The molecule has 170 valence electrons. The number of benzene rings is 2. The molecular formula is C23H28N4O5. The predicted molar refractivity (Wildman–Crippen MR) is 120 cm³/mol. The maximum atomic E-state index is 12.6. The minimum Gasteiger partial charge on any atom is -0.480 e. The second kappa shape index (κ2) is 11.0. The third kappa shape index (κ3) is 6.63. The van der Waals surface area contributed by atoms with Crippen LogP contribution >= 0.6 is 0 Å². The fourth-order valence-corrected chi connectivity index (χ4v) is 3.53. The number of carboxylic acid groups (broad SMARTS) is 1. The van der Waals surface area contributed by atoms with E-state index in [-0.39, 0.29) is 25.4 Å². The van der Waals surface area contributed by atoms with E-state index in [2.05, 4.69) is 10.2 Å². The van der Waals surface area contributed by atoms with Gasteiger partial charge < -0.3 is 30.7 Å².